The molecule has 18 heavy (non-hydrogen) atoms. The Morgan fingerprint density at radius 1 is 1.44 bits per heavy atom. The average molecular weight is 288 g/mol. The zero-order valence-electron chi connectivity index (χ0n) is 9.64. The Hall–Kier alpha value is -1.60. The molecule has 0 amide bonds. The number of aromatic amines is 1. The number of carbonyl (C=O) groups is 1. The highest BCUT2D eigenvalue weighted by Gasteiger charge is 2.22. The van der Waals surface area contributed by atoms with Crippen molar-refractivity contribution in [3.05, 3.63) is 35.3 Å². The van der Waals surface area contributed by atoms with Gasteiger partial charge in [0.15, 0.2) is 5.03 Å². The number of rotatable bonds is 3. The minimum absolute atomic E-state index is 0.117. The summed E-state index contributed by atoms with van der Waals surface area (Å²) in [5, 5.41) is 6.29. The van der Waals surface area contributed by atoms with Gasteiger partial charge in [0, 0.05) is 23.4 Å². The first-order valence-corrected chi connectivity index (χ1v) is 7.28. The van der Waals surface area contributed by atoms with E-state index in [9.17, 15) is 13.2 Å². The summed E-state index contributed by atoms with van der Waals surface area (Å²) in [6.07, 6.45) is 1.40. The Morgan fingerprint density at radius 2 is 2.11 bits per heavy atom. The van der Waals surface area contributed by atoms with Crippen LogP contribution in [0.4, 0.5) is 0 Å². The minimum Gasteiger partial charge on any atom is -0.331 e. The van der Waals surface area contributed by atoms with E-state index in [4.69, 9.17) is 10.7 Å². The van der Waals surface area contributed by atoms with Gasteiger partial charge in [0.1, 0.15) is 0 Å². The average Bonchev–Trinajstić information content (AvgIpc) is 2.82. The molecule has 0 unspecified atom stereocenters. The smallest absolute Gasteiger partial charge is 0.276 e. The molecule has 2 aromatic rings. The molecule has 0 aromatic carbocycles. The van der Waals surface area contributed by atoms with Gasteiger partial charge in [0.2, 0.25) is 5.78 Å². The van der Waals surface area contributed by atoms with Gasteiger partial charge in [-0.15, -0.1) is 0 Å². The molecule has 6 nitrogen and oxygen atoms in total. The molecule has 1 N–H and O–H groups in total. The maximum absolute atomic E-state index is 12.2. The summed E-state index contributed by atoms with van der Waals surface area (Å²) in [7, 11) is 2.86. The summed E-state index contributed by atoms with van der Waals surface area (Å²) in [5.74, 6) is -0.310. The molecule has 0 saturated carbocycles. The van der Waals surface area contributed by atoms with Crippen LogP contribution >= 0.6 is 10.7 Å². The standard InChI is InChI=1S/C10H10ClN3O3S/c1-6-7(5-12-13-6)10(15)8-3-4-9(14(8)2)18(11,16)17/h3-5H,1-2H3,(H,12,13). The zero-order chi connectivity index (χ0) is 13.5. The first-order valence-electron chi connectivity index (χ1n) is 4.97. The summed E-state index contributed by atoms with van der Waals surface area (Å²) in [6, 6.07) is 2.72. The van der Waals surface area contributed by atoms with E-state index in [1.54, 1.807) is 6.92 Å². The summed E-state index contributed by atoms with van der Waals surface area (Å²) in [6.45, 7) is 1.71. The van der Waals surface area contributed by atoms with Gasteiger partial charge >= 0.3 is 0 Å². The highest BCUT2D eigenvalue weighted by Crippen LogP contribution is 2.20. The summed E-state index contributed by atoms with van der Waals surface area (Å²) in [4.78, 5) is 12.2. The van der Waals surface area contributed by atoms with Crippen LogP contribution in [0, 0.1) is 6.92 Å². The number of H-pyrrole nitrogens is 1. The van der Waals surface area contributed by atoms with Crippen LogP contribution in [-0.2, 0) is 16.1 Å². The molecule has 0 radical (unpaired) electrons. The van der Waals surface area contributed by atoms with Crippen molar-refractivity contribution >= 4 is 25.5 Å². The summed E-state index contributed by atoms with van der Waals surface area (Å²) >= 11 is 0. The molecule has 0 aliphatic carbocycles. The number of aromatic nitrogens is 3. The quantitative estimate of drug-likeness (QED) is 0.679. The van der Waals surface area contributed by atoms with Crippen LogP contribution in [0.5, 0.6) is 0 Å². The Morgan fingerprint density at radius 3 is 2.56 bits per heavy atom. The van der Waals surface area contributed by atoms with Crippen LogP contribution in [0.25, 0.3) is 0 Å². The topological polar surface area (TPSA) is 84.8 Å². The second-order valence-electron chi connectivity index (χ2n) is 3.79. The number of halogens is 1. The second-order valence-corrected chi connectivity index (χ2v) is 6.30. The fourth-order valence-corrected chi connectivity index (χ4v) is 2.80. The third-order valence-electron chi connectivity index (χ3n) is 2.63. The van der Waals surface area contributed by atoms with Gasteiger partial charge < -0.3 is 4.57 Å². The molecule has 2 aromatic heterocycles. The van der Waals surface area contributed by atoms with E-state index in [0.29, 0.717) is 11.3 Å². The van der Waals surface area contributed by atoms with E-state index in [1.165, 1.54) is 29.9 Å². The van der Waals surface area contributed by atoms with E-state index < -0.39 is 9.05 Å². The maximum Gasteiger partial charge on any atom is 0.276 e. The van der Waals surface area contributed by atoms with Gasteiger partial charge in [-0.05, 0) is 19.1 Å². The van der Waals surface area contributed by atoms with E-state index in [1.807, 2.05) is 0 Å². The molecule has 0 aliphatic rings. The Labute approximate surface area is 108 Å². The third-order valence-corrected chi connectivity index (χ3v) is 4.02. The van der Waals surface area contributed by atoms with Gasteiger partial charge in [-0.1, -0.05) is 0 Å². The molecular weight excluding hydrogens is 278 g/mol. The molecule has 0 fully saturated rings. The largest absolute Gasteiger partial charge is 0.331 e. The van der Waals surface area contributed by atoms with Gasteiger partial charge in [-0.3, -0.25) is 9.89 Å². The number of hydrogen-bond donors (Lipinski definition) is 1. The van der Waals surface area contributed by atoms with Crippen LogP contribution < -0.4 is 0 Å². The van der Waals surface area contributed by atoms with Gasteiger partial charge in [0.05, 0.1) is 17.5 Å². The molecule has 0 spiro atoms. The van der Waals surface area contributed by atoms with Gasteiger partial charge in [0.25, 0.3) is 9.05 Å². The van der Waals surface area contributed by atoms with Crippen molar-refractivity contribution in [2.24, 2.45) is 7.05 Å². The molecule has 2 rings (SSSR count). The number of nitrogens with one attached hydrogen (secondary N) is 1. The Balaban J connectivity index is 2.52. The number of ketones is 1. The van der Waals surface area contributed by atoms with Crippen LogP contribution in [0.3, 0.4) is 0 Å². The van der Waals surface area contributed by atoms with E-state index in [0.717, 1.165) is 0 Å². The molecule has 96 valence electrons. The van der Waals surface area contributed by atoms with Crippen LogP contribution in [0.2, 0.25) is 0 Å². The first kappa shape index (κ1) is 12.8. The van der Waals surface area contributed by atoms with Crippen LogP contribution in [0.1, 0.15) is 21.7 Å². The van der Waals surface area contributed by atoms with Gasteiger partial charge in [-0.25, -0.2) is 8.42 Å². The highest BCUT2D eigenvalue weighted by molar-refractivity contribution is 8.13. The lowest BCUT2D eigenvalue weighted by Crippen LogP contribution is -2.10. The summed E-state index contributed by atoms with van der Waals surface area (Å²) in [5.41, 5.74) is 1.25. The van der Waals surface area contributed by atoms with E-state index in [-0.39, 0.29) is 16.5 Å². The fraction of sp³-hybridized carbons (Fsp3) is 0.200. The molecule has 2 heterocycles. The van der Waals surface area contributed by atoms with Crippen molar-refractivity contribution in [2.45, 2.75) is 11.9 Å². The fourth-order valence-electron chi connectivity index (χ4n) is 1.68. The van der Waals surface area contributed by atoms with Crippen molar-refractivity contribution in [1.82, 2.24) is 14.8 Å². The molecular formula is C10H10ClN3O3S. The number of carbonyl (C=O) groups excluding carboxylic acids is 1. The highest BCUT2D eigenvalue weighted by atomic mass is 35.7. The molecule has 0 bridgehead atoms. The third kappa shape index (κ3) is 2.06. The van der Waals surface area contributed by atoms with E-state index >= 15 is 0 Å². The molecule has 0 saturated heterocycles. The molecule has 0 atom stereocenters. The number of nitrogens with zero attached hydrogens (tertiary/aromatic N) is 2. The van der Waals surface area contributed by atoms with Crippen molar-refractivity contribution in [2.75, 3.05) is 0 Å². The van der Waals surface area contributed by atoms with Crippen LogP contribution in [-0.4, -0.2) is 29.0 Å². The molecule has 8 heteroatoms. The first-order chi connectivity index (χ1) is 8.32. The number of aryl methyl sites for hydroxylation is 1. The van der Waals surface area contributed by atoms with Crippen molar-refractivity contribution in [3.63, 3.8) is 0 Å². The van der Waals surface area contributed by atoms with E-state index in [2.05, 4.69) is 10.2 Å². The Bertz CT molecular complexity index is 715. The normalized spacial score (nSPS) is 11.7. The van der Waals surface area contributed by atoms with Crippen molar-refractivity contribution in [1.29, 1.82) is 0 Å². The second kappa shape index (κ2) is 4.25. The predicted molar refractivity (Wildman–Crippen MR) is 65.2 cm³/mol. The maximum atomic E-state index is 12.2. The van der Waals surface area contributed by atoms with Gasteiger partial charge in [-0.2, -0.15) is 5.10 Å². The lowest BCUT2D eigenvalue weighted by Gasteiger charge is -2.04. The molecule has 0 aliphatic heterocycles. The van der Waals surface area contributed by atoms with Crippen LogP contribution in [0.15, 0.2) is 23.4 Å². The summed E-state index contributed by atoms with van der Waals surface area (Å²) < 4.78 is 23.8. The number of hydrogen-bond acceptors (Lipinski definition) is 4. The van der Waals surface area contributed by atoms with Crippen molar-refractivity contribution in [3.8, 4) is 0 Å². The van der Waals surface area contributed by atoms with Crippen molar-refractivity contribution < 1.29 is 13.2 Å². The lowest BCUT2D eigenvalue weighted by molar-refractivity contribution is 0.103. The minimum atomic E-state index is -3.87. The predicted octanol–water partition coefficient (Wildman–Crippen LogP) is 1.22. The SMILES string of the molecule is Cc1[nH]ncc1C(=O)c1ccc(S(=O)(=O)Cl)n1C. The lowest BCUT2D eigenvalue weighted by atomic mass is 10.1. The Kier molecular flexibility index (Phi) is 3.04. The zero-order valence-corrected chi connectivity index (χ0v) is 11.2. The monoisotopic (exact) mass is 287 g/mol.